The van der Waals surface area contributed by atoms with Crippen LogP contribution in [0.2, 0.25) is 0 Å². The first kappa shape index (κ1) is 66.9. The number of carbonyl (C=O) groups is 3. The van der Waals surface area contributed by atoms with E-state index in [0.29, 0.717) is 50.2 Å². The van der Waals surface area contributed by atoms with Crippen molar-refractivity contribution in [3.63, 3.8) is 0 Å². The highest BCUT2D eigenvalue weighted by Gasteiger charge is 2.54. The predicted octanol–water partition coefficient (Wildman–Crippen LogP) is 6.43. The standard InChI is InChI=1S/C60H97N3O17/c1-17-47-60(12,71)52(66)39(7)62(15)33-35(3)31-58(10,70)53(80-57-51(77-41(9)64)46(61(13)14)29-36(4)75-57)37(5)50(38(6)56(69)78-47)79-48-32-59(11,72-16)54(40(8)76-48)74-28-21-19-20-26-73-27-22-23-42-24-25-45-43(30-42)49(65)44(55(67)68)34-63(45)18-2/h22-25,30,34-40,46-48,50-54,57,66,70-71H,17-21,26-29,31-33H2,1-16H3,(H,67,68)/b23-22+/t35-,36-,37+,38-,39-,40+,46+,47-,48+,50+,51-,52+,53-,54+,57+,58-,59-,60-/m1/s1. The fourth-order valence-electron chi connectivity index (χ4n) is 12.3. The van der Waals surface area contributed by atoms with Crippen LogP contribution in [-0.4, -0.2) is 198 Å². The number of fused-ring (bicyclic) bond motifs is 1. The minimum Gasteiger partial charge on any atom is -0.477 e. The van der Waals surface area contributed by atoms with Gasteiger partial charge in [0.05, 0.1) is 59.7 Å². The van der Waals surface area contributed by atoms with Crippen LogP contribution in [0, 0.1) is 17.8 Å². The Morgan fingerprint density at radius 2 is 1.61 bits per heavy atom. The molecule has 80 heavy (non-hydrogen) atoms. The van der Waals surface area contributed by atoms with Gasteiger partial charge in [-0.1, -0.05) is 39.0 Å². The van der Waals surface area contributed by atoms with Crippen molar-refractivity contribution in [1.82, 2.24) is 14.4 Å². The summed E-state index contributed by atoms with van der Waals surface area (Å²) >= 11 is 0. The first-order valence-electron chi connectivity index (χ1n) is 28.8. The summed E-state index contributed by atoms with van der Waals surface area (Å²) in [6.45, 7) is 23.4. The van der Waals surface area contributed by atoms with Crippen LogP contribution in [0.4, 0.5) is 0 Å². The molecule has 18 atom stereocenters. The van der Waals surface area contributed by atoms with Crippen molar-refractivity contribution in [2.45, 2.75) is 225 Å². The van der Waals surface area contributed by atoms with Crippen LogP contribution >= 0.6 is 0 Å². The second kappa shape index (κ2) is 29.1. The normalized spacial score (nSPS) is 36.4. The van der Waals surface area contributed by atoms with Crippen LogP contribution in [0.3, 0.4) is 0 Å². The number of aryl methyl sites for hydroxylation is 1. The van der Waals surface area contributed by atoms with Gasteiger partial charge in [-0.05, 0) is 139 Å². The van der Waals surface area contributed by atoms with E-state index in [2.05, 4.69) is 0 Å². The number of carboxylic acids is 1. The van der Waals surface area contributed by atoms with E-state index in [0.717, 1.165) is 24.8 Å². The lowest BCUT2D eigenvalue weighted by atomic mass is 9.77. The van der Waals surface area contributed by atoms with Gasteiger partial charge in [0.25, 0.3) is 0 Å². The largest absolute Gasteiger partial charge is 0.477 e. The molecule has 20 heteroatoms. The van der Waals surface area contributed by atoms with Crippen LogP contribution in [0.5, 0.6) is 0 Å². The van der Waals surface area contributed by atoms with Gasteiger partial charge in [0, 0.05) is 70.3 Å². The van der Waals surface area contributed by atoms with Gasteiger partial charge in [0.1, 0.15) is 29.5 Å². The smallest absolute Gasteiger partial charge is 0.341 e. The van der Waals surface area contributed by atoms with Crippen molar-refractivity contribution in [3.8, 4) is 0 Å². The number of esters is 2. The summed E-state index contributed by atoms with van der Waals surface area (Å²) in [4.78, 5) is 55.9. The average molecular weight is 1130 g/mol. The van der Waals surface area contributed by atoms with Gasteiger partial charge < -0.3 is 77.4 Å². The number of carbonyl (C=O) groups excluding carboxylic acids is 2. The lowest BCUT2D eigenvalue weighted by Crippen LogP contribution is -2.61. The molecule has 2 aromatic rings. The molecule has 0 aliphatic carbocycles. The van der Waals surface area contributed by atoms with Crippen molar-refractivity contribution >= 4 is 34.9 Å². The molecule has 4 heterocycles. The highest BCUT2D eigenvalue weighted by Crippen LogP contribution is 2.41. The molecule has 4 N–H and O–H groups in total. The summed E-state index contributed by atoms with van der Waals surface area (Å²) in [5.41, 5.74) is -3.75. The molecule has 5 rings (SSSR count). The maximum atomic E-state index is 14.7. The number of benzene rings is 1. The highest BCUT2D eigenvalue weighted by molar-refractivity contribution is 5.93. The van der Waals surface area contributed by atoms with Crippen molar-refractivity contribution in [2.24, 2.45) is 17.8 Å². The molecule has 3 aliphatic rings. The van der Waals surface area contributed by atoms with Gasteiger partial charge in [-0.15, -0.1) is 0 Å². The van der Waals surface area contributed by atoms with Crippen molar-refractivity contribution in [2.75, 3.05) is 54.6 Å². The molecule has 0 radical (unpaired) electrons. The molecule has 3 aliphatic heterocycles. The second-order valence-electron chi connectivity index (χ2n) is 23.9. The van der Waals surface area contributed by atoms with Crippen molar-refractivity contribution in [3.05, 3.63) is 51.8 Å². The Morgan fingerprint density at radius 3 is 2.24 bits per heavy atom. The third-order valence-electron chi connectivity index (χ3n) is 16.9. The summed E-state index contributed by atoms with van der Waals surface area (Å²) in [6.07, 6.45) is -0.424. The maximum absolute atomic E-state index is 14.7. The molecule has 3 fully saturated rings. The Morgan fingerprint density at radius 1 is 0.925 bits per heavy atom. The third-order valence-corrected chi connectivity index (χ3v) is 16.9. The van der Waals surface area contributed by atoms with Crippen LogP contribution in [0.25, 0.3) is 17.0 Å². The van der Waals surface area contributed by atoms with E-state index in [9.17, 15) is 39.6 Å². The minimum atomic E-state index is -1.85. The molecule has 454 valence electrons. The number of aliphatic hydroxyl groups is 3. The number of carboxylic acid groups (broad SMARTS) is 1. The highest BCUT2D eigenvalue weighted by atomic mass is 16.7. The second-order valence-corrected chi connectivity index (χ2v) is 23.9. The van der Waals surface area contributed by atoms with Gasteiger partial charge >= 0.3 is 17.9 Å². The van der Waals surface area contributed by atoms with Crippen LogP contribution in [0.15, 0.2) is 35.3 Å². The first-order chi connectivity index (χ1) is 37.5. The van der Waals surface area contributed by atoms with Gasteiger partial charge in [0.15, 0.2) is 18.7 Å². The molecule has 3 saturated heterocycles. The Bertz CT molecular complexity index is 2430. The number of likely N-dealkylation sites (N-methyl/N-ethyl adjacent to an activating group) is 2. The topological polar surface area (TPSA) is 244 Å². The van der Waals surface area contributed by atoms with Crippen molar-refractivity contribution in [1.29, 1.82) is 0 Å². The molecule has 0 spiro atoms. The monoisotopic (exact) mass is 1130 g/mol. The van der Waals surface area contributed by atoms with E-state index in [4.69, 9.17) is 42.6 Å². The quantitative estimate of drug-likeness (QED) is 0.0825. The van der Waals surface area contributed by atoms with Crippen molar-refractivity contribution < 1.29 is 77.4 Å². The summed E-state index contributed by atoms with van der Waals surface area (Å²) in [7, 11) is 7.24. The first-order valence-corrected chi connectivity index (χ1v) is 28.8. The van der Waals surface area contributed by atoms with Crippen LogP contribution in [0.1, 0.15) is 144 Å². The predicted molar refractivity (Wildman–Crippen MR) is 302 cm³/mol. The molecule has 20 nitrogen and oxygen atoms in total. The number of aromatic carboxylic acids is 1. The number of pyridine rings is 1. The Hall–Kier alpha value is -3.90. The zero-order valence-electron chi connectivity index (χ0n) is 50.5. The summed E-state index contributed by atoms with van der Waals surface area (Å²) < 4.78 is 59.7. The fraction of sp³-hybridized carbons (Fsp3) is 0.767. The van der Waals surface area contributed by atoms with Gasteiger partial charge in [-0.25, -0.2) is 4.79 Å². The fourth-order valence-corrected chi connectivity index (χ4v) is 12.3. The number of rotatable bonds is 20. The summed E-state index contributed by atoms with van der Waals surface area (Å²) in [5, 5.41) is 46.5. The SMILES string of the molecule is CC[C@H]1OC(=O)[C@H](C)[C@@H](O[C@H]2C[C@@](C)(OC)[C@@H](OCCCCCOC/C=C/c3ccc4c(c3)c(=O)c(C(=O)O)cn4CC)[C@H](C)O2)[C@H](C)[C@@H](O[C@@H]2O[C@H](C)C[C@H](N(C)C)[C@H]2OC(C)=O)[C@](C)(O)C[C@@H](C)CN(C)[C@H](C)[C@H](O)[C@]1(C)O. The van der Waals surface area contributed by atoms with E-state index in [1.807, 2.05) is 96.8 Å². The number of methoxy groups -OCH3 is 1. The van der Waals surface area contributed by atoms with E-state index in [1.54, 1.807) is 45.4 Å². The molecule has 0 unspecified atom stereocenters. The molecule has 1 aromatic carbocycles. The maximum Gasteiger partial charge on any atom is 0.341 e. The van der Waals surface area contributed by atoms with Crippen LogP contribution < -0.4 is 5.43 Å². The van der Waals surface area contributed by atoms with Gasteiger partial charge in [0.2, 0.25) is 5.43 Å². The van der Waals surface area contributed by atoms with E-state index < -0.39 is 113 Å². The number of aromatic nitrogens is 1. The molecule has 0 bridgehead atoms. The Balaban J connectivity index is 1.32. The lowest BCUT2D eigenvalue weighted by molar-refractivity contribution is -0.321. The zero-order chi connectivity index (χ0) is 59.6. The number of ether oxygens (including phenoxy) is 9. The summed E-state index contributed by atoms with van der Waals surface area (Å²) in [6, 6.07) is 4.53. The number of aliphatic hydroxyl groups excluding tert-OH is 1. The molecule has 0 saturated carbocycles. The third kappa shape index (κ3) is 16.5. The minimum absolute atomic E-state index is 0.187. The summed E-state index contributed by atoms with van der Waals surface area (Å²) in [5.74, 6) is -4.56. The number of nitrogens with zero attached hydrogens (tertiary/aromatic N) is 3. The van der Waals surface area contributed by atoms with E-state index in [-0.39, 0.29) is 42.9 Å². The zero-order valence-corrected chi connectivity index (χ0v) is 50.5. The van der Waals surface area contributed by atoms with E-state index >= 15 is 0 Å². The molecule has 0 amide bonds. The number of hydrogen-bond acceptors (Lipinski definition) is 18. The number of cyclic esters (lactones) is 1. The van der Waals surface area contributed by atoms with E-state index in [1.165, 1.54) is 20.0 Å². The van der Waals surface area contributed by atoms with Gasteiger partial charge in [-0.2, -0.15) is 0 Å². The van der Waals surface area contributed by atoms with Crippen LogP contribution in [-0.2, 0) is 58.8 Å². The van der Waals surface area contributed by atoms with Gasteiger partial charge in [-0.3, -0.25) is 14.4 Å². The number of unbranched alkanes of at least 4 members (excludes halogenated alkanes) is 2. The Kier molecular flexibility index (Phi) is 24.3. The molecular weight excluding hydrogens is 1030 g/mol. The average Bonchev–Trinajstić information content (AvgIpc) is 3.39. The molecular formula is C60H97N3O17. The Labute approximate surface area is 474 Å². The number of hydrogen-bond donors (Lipinski definition) is 4. The lowest BCUT2D eigenvalue weighted by Gasteiger charge is -2.49. The molecule has 1 aromatic heterocycles.